The summed E-state index contributed by atoms with van der Waals surface area (Å²) < 4.78 is 42.9. The van der Waals surface area contributed by atoms with Crippen LogP contribution in [0, 0.1) is 0 Å². The molecular formula is C15H10F3NOS. The molecule has 6 heteroatoms. The molecule has 0 saturated heterocycles. The number of ether oxygens (including phenoxy) is 1. The maximum absolute atomic E-state index is 12.5. The Morgan fingerprint density at radius 2 is 1.90 bits per heavy atom. The van der Waals surface area contributed by atoms with E-state index in [1.807, 2.05) is 23.6 Å². The normalized spacial score (nSPS) is 16.9. The molecule has 0 atom stereocenters. The van der Waals surface area contributed by atoms with E-state index >= 15 is 0 Å². The first-order chi connectivity index (χ1) is 10.0. The summed E-state index contributed by atoms with van der Waals surface area (Å²) in [6, 6.07) is 8.70. The van der Waals surface area contributed by atoms with Crippen molar-refractivity contribution < 1.29 is 17.9 Å². The fourth-order valence-electron chi connectivity index (χ4n) is 1.90. The number of nitrogens with zero attached hydrogens (tertiary/aromatic N) is 1. The van der Waals surface area contributed by atoms with Crippen LogP contribution in [0.15, 0.2) is 52.5 Å². The SMILES string of the molecule is FC(F)(F)c1ccc(C2=N/C(=C/c3cccs3)CO2)cc1. The molecule has 0 radical (unpaired) electrons. The highest BCUT2D eigenvalue weighted by Gasteiger charge is 2.30. The number of aliphatic imine (C=N–C) groups is 1. The molecule has 2 heterocycles. The van der Waals surface area contributed by atoms with Crippen LogP contribution in [-0.4, -0.2) is 12.5 Å². The molecule has 1 aromatic heterocycles. The summed E-state index contributed by atoms with van der Waals surface area (Å²) in [6.45, 7) is 0.328. The minimum atomic E-state index is -4.33. The molecule has 0 bridgehead atoms. The summed E-state index contributed by atoms with van der Waals surface area (Å²) in [5.41, 5.74) is 0.615. The first-order valence-corrected chi connectivity index (χ1v) is 7.03. The largest absolute Gasteiger partial charge is 0.471 e. The molecule has 0 aliphatic carbocycles. The van der Waals surface area contributed by atoms with E-state index in [4.69, 9.17) is 4.74 Å². The van der Waals surface area contributed by atoms with E-state index in [-0.39, 0.29) is 0 Å². The van der Waals surface area contributed by atoms with Gasteiger partial charge in [-0.3, -0.25) is 0 Å². The molecule has 1 aliphatic heterocycles. The fraction of sp³-hybridized carbons (Fsp3) is 0.133. The quantitative estimate of drug-likeness (QED) is 0.795. The minimum Gasteiger partial charge on any atom is -0.471 e. The Hall–Kier alpha value is -2.08. The molecule has 3 rings (SSSR count). The van der Waals surface area contributed by atoms with Crippen LogP contribution in [0.5, 0.6) is 0 Å². The molecule has 2 nitrogen and oxygen atoms in total. The van der Waals surface area contributed by atoms with E-state index in [1.54, 1.807) is 11.3 Å². The van der Waals surface area contributed by atoms with Crippen LogP contribution in [0.4, 0.5) is 13.2 Å². The average Bonchev–Trinajstić information content (AvgIpc) is 3.10. The number of hydrogen-bond donors (Lipinski definition) is 0. The molecule has 0 saturated carbocycles. The third-order valence-corrected chi connectivity index (χ3v) is 3.73. The van der Waals surface area contributed by atoms with Gasteiger partial charge in [0.25, 0.3) is 0 Å². The molecule has 1 aliphatic rings. The van der Waals surface area contributed by atoms with Gasteiger partial charge in [-0.2, -0.15) is 13.2 Å². The smallest absolute Gasteiger partial charge is 0.416 e. The first kappa shape index (κ1) is 13.9. The molecule has 1 aromatic carbocycles. The van der Waals surface area contributed by atoms with E-state index < -0.39 is 11.7 Å². The van der Waals surface area contributed by atoms with Crippen molar-refractivity contribution >= 4 is 23.3 Å². The van der Waals surface area contributed by atoms with Gasteiger partial charge in [0.2, 0.25) is 5.90 Å². The van der Waals surface area contributed by atoms with Crippen LogP contribution in [0.3, 0.4) is 0 Å². The Morgan fingerprint density at radius 3 is 2.52 bits per heavy atom. The zero-order chi connectivity index (χ0) is 14.9. The van der Waals surface area contributed by atoms with Gasteiger partial charge in [-0.25, -0.2) is 4.99 Å². The second-order valence-electron chi connectivity index (χ2n) is 4.43. The summed E-state index contributed by atoms with van der Waals surface area (Å²) >= 11 is 1.59. The summed E-state index contributed by atoms with van der Waals surface area (Å²) in [5, 5.41) is 1.96. The van der Waals surface area contributed by atoms with Crippen LogP contribution >= 0.6 is 11.3 Å². The Labute approximate surface area is 123 Å². The molecule has 0 amide bonds. The van der Waals surface area contributed by atoms with Crippen molar-refractivity contribution in [1.82, 2.24) is 0 Å². The van der Waals surface area contributed by atoms with E-state index in [0.717, 1.165) is 22.7 Å². The monoisotopic (exact) mass is 309 g/mol. The van der Waals surface area contributed by atoms with Crippen molar-refractivity contribution in [3.8, 4) is 0 Å². The molecule has 108 valence electrons. The molecule has 2 aromatic rings. The first-order valence-electron chi connectivity index (χ1n) is 6.15. The van der Waals surface area contributed by atoms with Gasteiger partial charge in [-0.15, -0.1) is 11.3 Å². The van der Waals surface area contributed by atoms with Crippen LogP contribution in [-0.2, 0) is 10.9 Å². The molecule has 21 heavy (non-hydrogen) atoms. The molecule has 0 spiro atoms. The molecule has 0 unspecified atom stereocenters. The zero-order valence-corrected chi connectivity index (χ0v) is 11.5. The van der Waals surface area contributed by atoms with E-state index in [9.17, 15) is 13.2 Å². The lowest BCUT2D eigenvalue weighted by Gasteiger charge is -2.07. The Bertz CT molecular complexity index is 685. The van der Waals surface area contributed by atoms with Crippen molar-refractivity contribution in [2.24, 2.45) is 4.99 Å². The standard InChI is InChI=1S/C15H10F3NOS/c16-15(17,18)11-5-3-10(4-6-11)14-19-12(9-20-14)8-13-2-1-7-21-13/h1-8H,9H2/b12-8+. The highest BCUT2D eigenvalue weighted by Crippen LogP contribution is 2.29. The predicted octanol–water partition coefficient (Wildman–Crippen LogP) is 4.58. The summed E-state index contributed by atoms with van der Waals surface area (Å²) in [5.74, 6) is 0.353. The Morgan fingerprint density at radius 1 is 1.14 bits per heavy atom. The summed E-state index contributed by atoms with van der Waals surface area (Å²) in [4.78, 5) is 5.37. The van der Waals surface area contributed by atoms with Gasteiger partial charge >= 0.3 is 6.18 Å². The van der Waals surface area contributed by atoms with Crippen LogP contribution < -0.4 is 0 Å². The van der Waals surface area contributed by atoms with E-state index in [1.165, 1.54) is 12.1 Å². The van der Waals surface area contributed by atoms with Gasteiger partial charge in [0, 0.05) is 10.4 Å². The number of alkyl halides is 3. The fourth-order valence-corrected chi connectivity index (χ4v) is 2.57. The molecular weight excluding hydrogens is 299 g/mol. The zero-order valence-electron chi connectivity index (χ0n) is 10.7. The van der Waals surface area contributed by atoms with E-state index in [2.05, 4.69) is 4.99 Å². The van der Waals surface area contributed by atoms with Gasteiger partial charge in [0.1, 0.15) is 6.61 Å². The van der Waals surface area contributed by atoms with E-state index in [0.29, 0.717) is 18.1 Å². The summed E-state index contributed by atoms with van der Waals surface area (Å²) in [7, 11) is 0. The minimum absolute atomic E-state index is 0.328. The van der Waals surface area contributed by atoms with Crippen molar-refractivity contribution in [1.29, 1.82) is 0 Å². The number of thiophene rings is 1. The van der Waals surface area contributed by atoms with Crippen LogP contribution in [0.1, 0.15) is 16.0 Å². The number of rotatable bonds is 2. The third kappa shape index (κ3) is 3.16. The van der Waals surface area contributed by atoms with Gasteiger partial charge in [0.05, 0.1) is 11.3 Å². The molecule has 0 fully saturated rings. The van der Waals surface area contributed by atoms with Crippen molar-refractivity contribution in [3.63, 3.8) is 0 Å². The second-order valence-corrected chi connectivity index (χ2v) is 5.41. The maximum atomic E-state index is 12.5. The topological polar surface area (TPSA) is 21.6 Å². The third-order valence-electron chi connectivity index (χ3n) is 2.91. The number of halogens is 3. The van der Waals surface area contributed by atoms with Gasteiger partial charge in [-0.05, 0) is 41.8 Å². The van der Waals surface area contributed by atoms with Crippen molar-refractivity contribution in [2.45, 2.75) is 6.18 Å². The lowest BCUT2D eigenvalue weighted by atomic mass is 10.1. The highest BCUT2D eigenvalue weighted by molar-refractivity contribution is 7.10. The summed E-state index contributed by atoms with van der Waals surface area (Å²) in [6.07, 6.45) is -2.43. The number of hydrogen-bond acceptors (Lipinski definition) is 3. The van der Waals surface area contributed by atoms with Crippen LogP contribution in [0.25, 0.3) is 6.08 Å². The van der Waals surface area contributed by atoms with Gasteiger partial charge in [0.15, 0.2) is 0 Å². The lowest BCUT2D eigenvalue weighted by molar-refractivity contribution is -0.137. The molecule has 0 N–H and O–H groups in total. The highest BCUT2D eigenvalue weighted by atomic mass is 32.1. The van der Waals surface area contributed by atoms with Crippen molar-refractivity contribution in [3.05, 3.63) is 63.5 Å². The second kappa shape index (κ2) is 5.37. The predicted molar refractivity (Wildman–Crippen MR) is 76.2 cm³/mol. The van der Waals surface area contributed by atoms with Crippen LogP contribution in [0.2, 0.25) is 0 Å². The maximum Gasteiger partial charge on any atom is 0.416 e. The Balaban J connectivity index is 1.82. The average molecular weight is 309 g/mol. The van der Waals surface area contributed by atoms with Gasteiger partial charge < -0.3 is 4.74 Å². The van der Waals surface area contributed by atoms with Crippen molar-refractivity contribution in [2.75, 3.05) is 6.61 Å². The lowest BCUT2D eigenvalue weighted by Crippen LogP contribution is -2.06. The number of benzene rings is 1. The Kier molecular flexibility index (Phi) is 3.55. The van der Waals surface area contributed by atoms with Gasteiger partial charge in [-0.1, -0.05) is 6.07 Å².